The minimum atomic E-state index is -3.73. The lowest BCUT2D eigenvalue weighted by molar-refractivity contribution is -0.131. The molecule has 1 amide bonds. The van der Waals surface area contributed by atoms with Crippen molar-refractivity contribution in [2.24, 2.45) is 0 Å². The molecule has 0 aliphatic carbocycles. The summed E-state index contributed by atoms with van der Waals surface area (Å²) in [5, 5.41) is 0. The van der Waals surface area contributed by atoms with E-state index in [4.69, 9.17) is 9.47 Å². The Hall–Kier alpha value is -3.52. The van der Waals surface area contributed by atoms with Crippen LogP contribution in [0.4, 0.5) is 5.69 Å². The largest absolute Gasteiger partial charge is 0.496 e. The van der Waals surface area contributed by atoms with E-state index in [1.54, 1.807) is 45.3 Å². The normalized spacial score (nSPS) is 12.0. The summed E-state index contributed by atoms with van der Waals surface area (Å²) in [6.07, 6.45) is 1.09. The minimum Gasteiger partial charge on any atom is -0.496 e. The Labute approximate surface area is 195 Å². The Morgan fingerprint density at radius 3 is 2.09 bits per heavy atom. The van der Waals surface area contributed by atoms with Gasteiger partial charge in [0.05, 0.1) is 19.1 Å². The molecular weight excluding hydrogens is 440 g/mol. The number of hydrogen-bond donors (Lipinski definition) is 0. The van der Waals surface area contributed by atoms with Gasteiger partial charge in [0.2, 0.25) is 15.9 Å². The van der Waals surface area contributed by atoms with E-state index in [1.807, 2.05) is 54.6 Å². The molecule has 0 unspecified atom stereocenters. The number of methoxy groups -OCH3 is 1. The zero-order chi connectivity index (χ0) is 24.0. The number of likely N-dealkylation sites (N-methyl/N-ethyl adjacent to an activating group) is 1. The van der Waals surface area contributed by atoms with Crippen molar-refractivity contribution in [2.45, 2.75) is 19.5 Å². The molecule has 0 bridgehead atoms. The zero-order valence-corrected chi connectivity index (χ0v) is 20.0. The van der Waals surface area contributed by atoms with Gasteiger partial charge in [-0.1, -0.05) is 36.4 Å². The van der Waals surface area contributed by atoms with Crippen LogP contribution in [0.5, 0.6) is 17.2 Å². The number of carbonyl (C=O) groups is 1. The molecule has 0 saturated heterocycles. The van der Waals surface area contributed by atoms with E-state index in [1.165, 1.54) is 4.90 Å². The topological polar surface area (TPSA) is 76.2 Å². The molecule has 8 heteroatoms. The van der Waals surface area contributed by atoms with Crippen molar-refractivity contribution in [2.75, 3.05) is 24.7 Å². The maximum Gasteiger partial charge on any atom is 0.246 e. The van der Waals surface area contributed by atoms with Gasteiger partial charge >= 0.3 is 0 Å². The third-order valence-corrected chi connectivity index (χ3v) is 6.35. The highest BCUT2D eigenvalue weighted by molar-refractivity contribution is 7.92. The van der Waals surface area contributed by atoms with Gasteiger partial charge in [0.1, 0.15) is 23.3 Å². The highest BCUT2D eigenvalue weighted by Crippen LogP contribution is 2.27. The molecule has 0 fully saturated rings. The Morgan fingerprint density at radius 2 is 1.48 bits per heavy atom. The predicted octanol–water partition coefficient (Wildman–Crippen LogP) is 4.30. The van der Waals surface area contributed by atoms with Crippen molar-refractivity contribution in [3.05, 3.63) is 84.4 Å². The van der Waals surface area contributed by atoms with Gasteiger partial charge < -0.3 is 14.4 Å². The van der Waals surface area contributed by atoms with Crippen LogP contribution in [0, 0.1) is 0 Å². The summed E-state index contributed by atoms with van der Waals surface area (Å²) in [5.74, 6) is 1.56. The number of para-hydroxylation sites is 2. The molecule has 3 aromatic carbocycles. The van der Waals surface area contributed by atoms with Crippen LogP contribution < -0.4 is 13.8 Å². The third-order valence-electron chi connectivity index (χ3n) is 5.11. The smallest absolute Gasteiger partial charge is 0.246 e. The van der Waals surface area contributed by atoms with Crippen LogP contribution in [0.2, 0.25) is 0 Å². The molecule has 174 valence electrons. The fraction of sp³-hybridized carbons (Fsp3) is 0.240. The number of rotatable bonds is 9. The summed E-state index contributed by atoms with van der Waals surface area (Å²) < 4.78 is 37.5. The average molecular weight is 469 g/mol. The van der Waals surface area contributed by atoms with Gasteiger partial charge in [-0.25, -0.2) is 8.42 Å². The van der Waals surface area contributed by atoms with Crippen molar-refractivity contribution in [3.63, 3.8) is 0 Å². The first kappa shape index (κ1) is 24.1. The molecule has 33 heavy (non-hydrogen) atoms. The van der Waals surface area contributed by atoms with E-state index in [-0.39, 0.29) is 12.5 Å². The summed E-state index contributed by atoms with van der Waals surface area (Å²) in [5.41, 5.74) is 1.21. The molecule has 0 heterocycles. The van der Waals surface area contributed by atoms with Crippen LogP contribution in [-0.2, 0) is 21.4 Å². The molecule has 0 spiro atoms. The summed E-state index contributed by atoms with van der Waals surface area (Å²) in [6.45, 7) is 1.87. The van der Waals surface area contributed by atoms with E-state index in [9.17, 15) is 13.2 Å². The van der Waals surface area contributed by atoms with Gasteiger partial charge in [0, 0.05) is 19.2 Å². The number of benzene rings is 3. The lowest BCUT2D eigenvalue weighted by atomic mass is 10.1. The zero-order valence-electron chi connectivity index (χ0n) is 19.1. The van der Waals surface area contributed by atoms with Crippen molar-refractivity contribution < 1.29 is 22.7 Å². The lowest BCUT2D eigenvalue weighted by Gasteiger charge is -2.31. The molecule has 3 rings (SSSR count). The number of nitrogens with zero attached hydrogens (tertiary/aromatic N) is 2. The number of carbonyl (C=O) groups excluding carboxylic acids is 1. The van der Waals surface area contributed by atoms with E-state index >= 15 is 0 Å². The first-order valence-corrected chi connectivity index (χ1v) is 12.2. The average Bonchev–Trinajstić information content (AvgIpc) is 2.80. The van der Waals surface area contributed by atoms with Crippen molar-refractivity contribution in [1.82, 2.24) is 4.90 Å². The molecule has 0 aliphatic rings. The molecule has 0 saturated carbocycles. The van der Waals surface area contributed by atoms with E-state index in [2.05, 4.69) is 0 Å². The quantitative estimate of drug-likeness (QED) is 0.468. The van der Waals surface area contributed by atoms with Crippen molar-refractivity contribution >= 4 is 21.6 Å². The second kappa shape index (κ2) is 10.4. The van der Waals surface area contributed by atoms with Crippen LogP contribution >= 0.6 is 0 Å². The van der Waals surface area contributed by atoms with Crippen LogP contribution in [0.15, 0.2) is 78.9 Å². The summed E-state index contributed by atoms with van der Waals surface area (Å²) in [7, 11) is -0.522. The van der Waals surface area contributed by atoms with E-state index in [0.717, 1.165) is 16.1 Å². The predicted molar refractivity (Wildman–Crippen MR) is 129 cm³/mol. The van der Waals surface area contributed by atoms with Gasteiger partial charge in [-0.3, -0.25) is 9.10 Å². The highest BCUT2D eigenvalue weighted by Gasteiger charge is 2.31. The van der Waals surface area contributed by atoms with Gasteiger partial charge in [-0.2, -0.15) is 0 Å². The van der Waals surface area contributed by atoms with Gasteiger partial charge in [0.15, 0.2) is 0 Å². The van der Waals surface area contributed by atoms with Gasteiger partial charge in [0.25, 0.3) is 0 Å². The Kier molecular flexibility index (Phi) is 7.60. The maximum absolute atomic E-state index is 13.2. The van der Waals surface area contributed by atoms with Crippen LogP contribution in [-0.4, -0.2) is 45.7 Å². The number of sulfonamides is 1. The lowest BCUT2D eigenvalue weighted by Crippen LogP contribution is -2.48. The van der Waals surface area contributed by atoms with E-state index in [0.29, 0.717) is 22.9 Å². The number of amides is 1. The first-order chi connectivity index (χ1) is 15.7. The van der Waals surface area contributed by atoms with Gasteiger partial charge in [-0.05, 0) is 49.4 Å². The fourth-order valence-corrected chi connectivity index (χ4v) is 4.74. The van der Waals surface area contributed by atoms with Crippen molar-refractivity contribution in [1.29, 1.82) is 0 Å². The first-order valence-electron chi connectivity index (χ1n) is 10.4. The fourth-order valence-electron chi connectivity index (χ4n) is 3.57. The highest BCUT2D eigenvalue weighted by atomic mass is 32.2. The summed E-state index contributed by atoms with van der Waals surface area (Å²) in [6, 6.07) is 22.3. The molecular formula is C25H28N2O5S. The molecule has 0 aromatic heterocycles. The number of ether oxygens (including phenoxy) is 2. The van der Waals surface area contributed by atoms with Crippen LogP contribution in [0.1, 0.15) is 12.5 Å². The number of hydrogen-bond acceptors (Lipinski definition) is 5. The van der Waals surface area contributed by atoms with Crippen molar-refractivity contribution in [3.8, 4) is 17.2 Å². The Morgan fingerprint density at radius 1 is 0.909 bits per heavy atom. The van der Waals surface area contributed by atoms with Crippen LogP contribution in [0.25, 0.3) is 0 Å². The summed E-state index contributed by atoms with van der Waals surface area (Å²) in [4.78, 5) is 14.7. The van der Waals surface area contributed by atoms with Gasteiger partial charge in [-0.15, -0.1) is 0 Å². The van der Waals surface area contributed by atoms with Crippen LogP contribution in [0.3, 0.4) is 0 Å². The number of anilines is 1. The monoisotopic (exact) mass is 468 g/mol. The maximum atomic E-state index is 13.2. The Bertz CT molecular complexity index is 1180. The minimum absolute atomic E-state index is 0.286. The molecule has 1 atom stereocenters. The molecule has 7 nitrogen and oxygen atoms in total. The molecule has 0 radical (unpaired) electrons. The standard InChI is InChI=1S/C25H28N2O5S/c1-19(25(28)26(2)18-20-10-8-9-13-24(20)31-3)27(33(4,29)30)21-14-16-23(17-15-21)32-22-11-6-5-7-12-22/h5-17,19H,18H2,1-4H3/t19-/m1/s1. The molecule has 0 aliphatic heterocycles. The molecule has 0 N–H and O–H groups in total. The second-order valence-corrected chi connectivity index (χ2v) is 9.51. The SMILES string of the molecule is COc1ccccc1CN(C)C(=O)[C@@H](C)N(c1ccc(Oc2ccccc2)cc1)S(C)(=O)=O. The second-order valence-electron chi connectivity index (χ2n) is 7.65. The summed E-state index contributed by atoms with van der Waals surface area (Å²) >= 11 is 0. The van der Waals surface area contributed by atoms with E-state index < -0.39 is 16.1 Å². The molecule has 3 aromatic rings. The Balaban J connectivity index is 1.79. The third kappa shape index (κ3) is 6.04.